The van der Waals surface area contributed by atoms with E-state index in [1.807, 2.05) is 54.7 Å². The molecule has 67 heavy (non-hydrogen) atoms. The molecule has 0 fully saturated rings. The molecule has 0 amide bonds. The molecule has 0 radical (unpaired) electrons. The summed E-state index contributed by atoms with van der Waals surface area (Å²) in [4.78, 5) is 38.1. The van der Waals surface area contributed by atoms with Crippen LogP contribution in [0.5, 0.6) is 0 Å². The van der Waals surface area contributed by atoms with Gasteiger partial charge in [0.2, 0.25) is 0 Å². The molecule has 6 nitrogen and oxygen atoms in total. The van der Waals surface area contributed by atoms with Crippen LogP contribution in [-0.2, 0) is 28.6 Å². The predicted octanol–water partition coefficient (Wildman–Crippen LogP) is 18.5. The third-order valence-corrected chi connectivity index (χ3v) is 11.7. The molecule has 1 atom stereocenters. The first-order valence-corrected chi connectivity index (χ1v) is 27.8. The molecule has 0 heterocycles. The molecule has 0 aromatic rings. The van der Waals surface area contributed by atoms with Crippen LogP contribution in [-0.4, -0.2) is 37.2 Å². The first kappa shape index (κ1) is 63.3. The number of rotatable bonds is 49. The summed E-state index contributed by atoms with van der Waals surface area (Å²) < 4.78 is 16.8. The van der Waals surface area contributed by atoms with E-state index in [0.717, 1.165) is 70.6 Å². The normalized spacial score (nSPS) is 12.8. The lowest BCUT2D eigenvalue weighted by molar-refractivity contribution is -0.167. The van der Waals surface area contributed by atoms with Crippen LogP contribution in [0.4, 0.5) is 0 Å². The fourth-order valence-electron chi connectivity index (χ4n) is 7.61. The Bertz CT molecular complexity index is 1350. The summed E-state index contributed by atoms with van der Waals surface area (Å²) in [7, 11) is 0. The van der Waals surface area contributed by atoms with Crippen LogP contribution in [0.1, 0.15) is 252 Å². The first-order chi connectivity index (χ1) is 33.0. The zero-order valence-corrected chi connectivity index (χ0v) is 43.6. The number of ether oxygens (including phenoxy) is 3. The van der Waals surface area contributed by atoms with Crippen molar-refractivity contribution in [1.29, 1.82) is 0 Å². The van der Waals surface area contributed by atoms with Gasteiger partial charge in [-0.2, -0.15) is 0 Å². The van der Waals surface area contributed by atoms with Gasteiger partial charge in [-0.1, -0.05) is 266 Å². The third kappa shape index (κ3) is 53.2. The maximum atomic E-state index is 12.8. The molecule has 0 spiro atoms. The van der Waals surface area contributed by atoms with Gasteiger partial charge in [0.15, 0.2) is 6.10 Å². The van der Waals surface area contributed by atoms with Gasteiger partial charge >= 0.3 is 17.9 Å². The van der Waals surface area contributed by atoms with Crippen LogP contribution in [0, 0.1) is 0 Å². The largest absolute Gasteiger partial charge is 0.462 e. The zero-order valence-electron chi connectivity index (χ0n) is 43.6. The van der Waals surface area contributed by atoms with Crippen molar-refractivity contribution in [2.75, 3.05) is 13.2 Å². The van der Waals surface area contributed by atoms with Gasteiger partial charge in [-0.05, 0) is 64.2 Å². The van der Waals surface area contributed by atoms with Crippen molar-refractivity contribution in [3.8, 4) is 0 Å². The monoisotopic (exact) mass is 931 g/mol. The van der Waals surface area contributed by atoms with E-state index in [1.165, 1.54) is 135 Å². The Morgan fingerprint density at radius 3 is 1.13 bits per heavy atom. The number of hydrogen-bond donors (Lipinski definition) is 0. The predicted molar refractivity (Wildman–Crippen MR) is 288 cm³/mol. The van der Waals surface area contributed by atoms with Crippen molar-refractivity contribution < 1.29 is 28.6 Å². The Hall–Kier alpha value is -3.67. The van der Waals surface area contributed by atoms with Gasteiger partial charge in [-0.15, -0.1) is 0 Å². The Labute approximate surface area is 413 Å². The molecule has 0 N–H and O–H groups in total. The van der Waals surface area contributed by atoms with Crippen molar-refractivity contribution >= 4 is 17.9 Å². The Morgan fingerprint density at radius 2 is 0.672 bits per heavy atom. The Morgan fingerprint density at radius 1 is 0.328 bits per heavy atom. The summed E-state index contributed by atoms with van der Waals surface area (Å²) >= 11 is 0. The summed E-state index contributed by atoms with van der Waals surface area (Å²) in [6, 6.07) is 0. The maximum Gasteiger partial charge on any atom is 0.306 e. The molecule has 0 aliphatic rings. The molecule has 0 saturated heterocycles. The van der Waals surface area contributed by atoms with Crippen molar-refractivity contribution in [3.05, 3.63) is 97.2 Å². The van der Waals surface area contributed by atoms with Crippen molar-refractivity contribution in [3.63, 3.8) is 0 Å². The highest BCUT2D eigenvalue weighted by atomic mass is 16.6. The Balaban J connectivity index is 4.43. The van der Waals surface area contributed by atoms with Crippen LogP contribution in [0.15, 0.2) is 97.2 Å². The van der Waals surface area contributed by atoms with Crippen LogP contribution >= 0.6 is 0 Å². The van der Waals surface area contributed by atoms with E-state index >= 15 is 0 Å². The van der Waals surface area contributed by atoms with Gasteiger partial charge < -0.3 is 14.2 Å². The van der Waals surface area contributed by atoms with E-state index in [0.29, 0.717) is 19.3 Å². The maximum absolute atomic E-state index is 12.8. The molecular formula is C61H102O6. The van der Waals surface area contributed by atoms with E-state index in [9.17, 15) is 14.4 Å². The number of carbonyl (C=O) groups excluding carboxylic acids is 3. The van der Waals surface area contributed by atoms with Crippen LogP contribution in [0.3, 0.4) is 0 Å². The highest BCUT2D eigenvalue weighted by molar-refractivity contribution is 5.71. The molecule has 0 aromatic carbocycles. The SMILES string of the molecule is CC\C=C/C=C\C=C/C=C\C=C/CCCC(=O)OCC(COC(=O)CCCCCCCCCCC/C=C\C/C=C\C/C=C\CC)OC(=O)CCCCCCCCCCCCCCCCCCC. The molecule has 0 aliphatic carbocycles. The molecular weight excluding hydrogens is 829 g/mol. The summed E-state index contributed by atoms with van der Waals surface area (Å²) in [5.74, 6) is -0.979. The van der Waals surface area contributed by atoms with Crippen molar-refractivity contribution in [2.24, 2.45) is 0 Å². The lowest BCUT2D eigenvalue weighted by Gasteiger charge is -2.18. The lowest BCUT2D eigenvalue weighted by atomic mass is 10.0. The number of allylic oxidation sites excluding steroid dienone is 16. The smallest absolute Gasteiger partial charge is 0.306 e. The second-order valence-electron chi connectivity index (χ2n) is 18.2. The molecule has 0 rings (SSSR count). The van der Waals surface area contributed by atoms with E-state index in [-0.39, 0.29) is 37.5 Å². The molecule has 0 saturated carbocycles. The van der Waals surface area contributed by atoms with Crippen LogP contribution in [0.2, 0.25) is 0 Å². The standard InChI is InChI=1S/C61H102O6/c1-4-7-10-13-16-19-22-25-27-29-30-32-33-36-39-42-45-48-51-54-60(63)66-57-58(56-65-59(62)53-50-47-44-41-38-35-24-21-18-15-12-9-6-3)67-61(64)55-52-49-46-43-40-37-34-31-28-26-23-20-17-14-11-8-5-2/h7,9-10,12,15-16,18-19,21,24-25,27,35,38,41,44,58H,4-6,8,11,13-14,17,20,22-23,26,28-34,36-37,39-40,42-43,45-57H2,1-3H3/b10-7-,12-9-,18-15-,19-16-,24-21-,27-25-,38-35-,44-41-. The molecule has 0 bridgehead atoms. The summed E-state index contributed by atoms with van der Waals surface area (Å²) in [5, 5.41) is 0. The zero-order chi connectivity index (χ0) is 48.6. The third-order valence-electron chi connectivity index (χ3n) is 11.7. The summed E-state index contributed by atoms with van der Waals surface area (Å²) in [6.45, 7) is 6.33. The minimum absolute atomic E-state index is 0.102. The second-order valence-corrected chi connectivity index (χ2v) is 18.2. The van der Waals surface area contributed by atoms with Crippen LogP contribution < -0.4 is 0 Å². The van der Waals surface area contributed by atoms with E-state index in [2.05, 4.69) is 63.3 Å². The molecule has 1 unspecified atom stereocenters. The highest BCUT2D eigenvalue weighted by Gasteiger charge is 2.19. The van der Waals surface area contributed by atoms with E-state index in [1.54, 1.807) is 0 Å². The van der Waals surface area contributed by atoms with E-state index in [4.69, 9.17) is 14.2 Å². The van der Waals surface area contributed by atoms with Gasteiger partial charge in [0.05, 0.1) is 0 Å². The van der Waals surface area contributed by atoms with Gasteiger partial charge in [0, 0.05) is 19.3 Å². The van der Waals surface area contributed by atoms with E-state index < -0.39 is 6.10 Å². The average molecular weight is 931 g/mol. The highest BCUT2D eigenvalue weighted by Crippen LogP contribution is 2.16. The average Bonchev–Trinajstić information content (AvgIpc) is 3.33. The number of hydrogen-bond acceptors (Lipinski definition) is 6. The number of unbranched alkanes of at least 4 members (excludes halogenated alkanes) is 26. The molecule has 6 heteroatoms. The minimum Gasteiger partial charge on any atom is -0.462 e. The first-order valence-electron chi connectivity index (χ1n) is 27.8. The fraction of sp³-hybridized carbons (Fsp3) is 0.689. The van der Waals surface area contributed by atoms with Gasteiger partial charge in [0.1, 0.15) is 13.2 Å². The second kappa shape index (κ2) is 54.9. The van der Waals surface area contributed by atoms with Gasteiger partial charge in [0.25, 0.3) is 0 Å². The summed E-state index contributed by atoms with van der Waals surface area (Å²) in [5.41, 5.74) is 0. The molecule has 0 aromatic heterocycles. The van der Waals surface area contributed by atoms with Crippen molar-refractivity contribution in [2.45, 2.75) is 258 Å². The fourth-order valence-corrected chi connectivity index (χ4v) is 7.61. The van der Waals surface area contributed by atoms with Crippen molar-refractivity contribution in [1.82, 2.24) is 0 Å². The van der Waals surface area contributed by atoms with Gasteiger partial charge in [-0.25, -0.2) is 0 Å². The lowest BCUT2D eigenvalue weighted by Crippen LogP contribution is -2.30. The quantitative estimate of drug-likeness (QED) is 0.0199. The number of carbonyl (C=O) groups is 3. The van der Waals surface area contributed by atoms with Crippen LogP contribution in [0.25, 0.3) is 0 Å². The van der Waals surface area contributed by atoms with Gasteiger partial charge in [-0.3, -0.25) is 14.4 Å². The molecule has 382 valence electrons. The Kier molecular flexibility index (Phi) is 51.9. The topological polar surface area (TPSA) is 78.9 Å². The summed E-state index contributed by atoms with van der Waals surface area (Å²) in [6.07, 6.45) is 72.6. The molecule has 0 aliphatic heterocycles. The number of esters is 3. The minimum atomic E-state index is -0.807.